The van der Waals surface area contributed by atoms with E-state index in [1.54, 1.807) is 0 Å². The molecule has 3 heteroatoms. The average Bonchev–Trinajstić information content (AvgIpc) is 2.56. The Morgan fingerprint density at radius 2 is 1.94 bits per heavy atom. The van der Waals surface area contributed by atoms with Gasteiger partial charge in [-0.1, -0.05) is 39.7 Å². The van der Waals surface area contributed by atoms with Gasteiger partial charge in [0, 0.05) is 23.4 Å². The summed E-state index contributed by atoms with van der Waals surface area (Å²) in [5.41, 5.74) is 2.42. The number of benzene rings is 1. The molecule has 18 heavy (non-hydrogen) atoms. The van der Waals surface area contributed by atoms with Gasteiger partial charge in [0.05, 0.1) is 5.03 Å². The lowest BCUT2D eigenvalue weighted by Gasteiger charge is -2.02. The summed E-state index contributed by atoms with van der Waals surface area (Å²) in [6.45, 7) is 1.14. The monoisotopic (exact) mass is 326 g/mol. The van der Waals surface area contributed by atoms with Crippen molar-refractivity contribution in [1.82, 2.24) is 0 Å². The molecule has 0 saturated carbocycles. The second-order valence-corrected chi connectivity index (χ2v) is 6.05. The van der Waals surface area contributed by atoms with Gasteiger partial charge in [-0.05, 0) is 30.5 Å². The van der Waals surface area contributed by atoms with Gasteiger partial charge in [-0.2, -0.15) is 0 Å². The van der Waals surface area contributed by atoms with Gasteiger partial charge in [-0.25, -0.2) is 4.58 Å². The van der Waals surface area contributed by atoms with Gasteiger partial charge >= 0.3 is 0 Å². The highest BCUT2D eigenvalue weighted by Gasteiger charge is 2.13. The third-order valence-corrected chi connectivity index (χ3v) is 4.19. The van der Waals surface area contributed by atoms with Gasteiger partial charge in [0.15, 0.2) is 5.71 Å². The second kappa shape index (κ2) is 6.53. The molecule has 1 aromatic carbocycles. The quantitative estimate of drug-likeness (QED) is 0.693. The van der Waals surface area contributed by atoms with Crippen LogP contribution in [0.2, 0.25) is 0 Å². The maximum absolute atomic E-state index is 6.41. The highest BCUT2D eigenvalue weighted by Crippen LogP contribution is 2.22. The molecule has 0 N–H and O–H groups in total. The van der Waals surface area contributed by atoms with Gasteiger partial charge in [-0.3, -0.25) is 0 Å². The van der Waals surface area contributed by atoms with Crippen molar-refractivity contribution in [2.45, 2.75) is 25.7 Å². The van der Waals surface area contributed by atoms with Crippen LogP contribution in [-0.2, 0) is 0 Å². The van der Waals surface area contributed by atoms with Gasteiger partial charge in [0.25, 0.3) is 0 Å². The van der Waals surface area contributed by atoms with Crippen molar-refractivity contribution >= 4 is 38.3 Å². The molecule has 0 unspecified atom stereocenters. The Morgan fingerprint density at radius 3 is 2.67 bits per heavy atom. The van der Waals surface area contributed by atoms with E-state index < -0.39 is 0 Å². The van der Waals surface area contributed by atoms with E-state index in [1.807, 2.05) is 24.3 Å². The molecule has 0 saturated heterocycles. The van der Waals surface area contributed by atoms with Gasteiger partial charge < -0.3 is 0 Å². The zero-order chi connectivity index (χ0) is 13.0. The van der Waals surface area contributed by atoms with Gasteiger partial charge in [-0.15, -0.1) is 0 Å². The number of nitrogens with zero attached hydrogens (tertiary/aromatic N) is 1. The van der Waals surface area contributed by atoms with E-state index >= 15 is 0 Å². The molecule has 1 aromatic rings. The first kappa shape index (κ1) is 13.8. The first-order valence-electron chi connectivity index (χ1n) is 6.37. The number of rotatable bonds is 2. The van der Waals surface area contributed by atoms with E-state index in [2.05, 4.69) is 33.6 Å². The predicted molar refractivity (Wildman–Crippen MR) is 82.5 cm³/mol. The molecule has 2 rings (SSSR count). The van der Waals surface area contributed by atoms with Crippen LogP contribution >= 0.6 is 27.5 Å². The molecule has 0 radical (unpaired) electrons. The Balaban J connectivity index is 2.23. The first-order valence-corrected chi connectivity index (χ1v) is 7.54. The fourth-order valence-electron chi connectivity index (χ4n) is 2.19. The maximum atomic E-state index is 6.41. The zero-order valence-corrected chi connectivity index (χ0v) is 13.0. The van der Waals surface area contributed by atoms with Gasteiger partial charge in [0.2, 0.25) is 0 Å². The molecule has 1 aliphatic rings. The minimum Gasteiger partial charge on any atom is -0.236 e. The summed E-state index contributed by atoms with van der Waals surface area (Å²) in [6.07, 6.45) is 7.11. The van der Waals surface area contributed by atoms with Crippen molar-refractivity contribution in [3.63, 3.8) is 0 Å². The fraction of sp³-hybridized carbons (Fsp3) is 0.400. The Morgan fingerprint density at radius 1 is 1.22 bits per heavy atom. The summed E-state index contributed by atoms with van der Waals surface area (Å²) in [5, 5.41) is 0.825. The van der Waals surface area contributed by atoms with E-state index in [0.717, 1.165) is 28.0 Å². The lowest BCUT2D eigenvalue weighted by Crippen LogP contribution is -2.14. The van der Waals surface area contributed by atoms with Crippen LogP contribution in [0.4, 0.5) is 0 Å². The Labute approximate surface area is 122 Å². The number of halogens is 2. The molecule has 0 spiro atoms. The molecular weight excluding hydrogens is 310 g/mol. The standard InChI is InChI=1S/C15H18BrClN/c1-18-10-4-2-3-5-14(18)11-15(17)12-6-8-13(16)9-7-12/h6-9,11H,2-5,10H2,1H3/q+1/b15-11-. The van der Waals surface area contributed by atoms with Crippen molar-refractivity contribution in [2.75, 3.05) is 13.6 Å². The van der Waals surface area contributed by atoms with Crippen LogP contribution in [0.15, 0.2) is 34.8 Å². The summed E-state index contributed by atoms with van der Waals surface area (Å²) in [7, 11) is 2.16. The summed E-state index contributed by atoms with van der Waals surface area (Å²) >= 11 is 9.85. The summed E-state index contributed by atoms with van der Waals surface area (Å²) in [5.74, 6) is 0. The molecular formula is C15H18BrClN+. The topological polar surface area (TPSA) is 3.01 Å². The van der Waals surface area contributed by atoms with Crippen molar-refractivity contribution < 1.29 is 4.58 Å². The largest absolute Gasteiger partial charge is 0.236 e. The number of allylic oxidation sites excluding steroid dienone is 1. The maximum Gasteiger partial charge on any atom is 0.177 e. The average molecular weight is 328 g/mol. The summed E-state index contributed by atoms with van der Waals surface area (Å²) in [6, 6.07) is 8.13. The number of hydrogen-bond donors (Lipinski definition) is 0. The predicted octanol–water partition coefficient (Wildman–Crippen LogP) is 4.69. The second-order valence-electron chi connectivity index (χ2n) is 4.72. The third-order valence-electron chi connectivity index (χ3n) is 3.33. The van der Waals surface area contributed by atoms with Crippen molar-refractivity contribution in [3.05, 3.63) is 40.4 Å². The lowest BCUT2D eigenvalue weighted by atomic mass is 10.1. The van der Waals surface area contributed by atoms with Crippen LogP contribution in [0, 0.1) is 0 Å². The summed E-state index contributed by atoms with van der Waals surface area (Å²) in [4.78, 5) is 0. The van der Waals surface area contributed by atoms with Crippen molar-refractivity contribution in [2.24, 2.45) is 0 Å². The Bertz CT molecular complexity index is 474. The SMILES string of the molecule is C[N+]1=C(/C=C(\Cl)c2ccc(Br)cc2)CCCCC1. The van der Waals surface area contributed by atoms with Crippen LogP contribution in [0.25, 0.3) is 5.03 Å². The van der Waals surface area contributed by atoms with E-state index in [-0.39, 0.29) is 0 Å². The molecule has 96 valence electrons. The molecule has 0 aliphatic carbocycles. The van der Waals surface area contributed by atoms with Crippen molar-refractivity contribution in [3.8, 4) is 0 Å². The normalized spacial score (nSPS) is 17.8. The molecule has 0 atom stereocenters. The Hall–Kier alpha value is -0.600. The van der Waals surface area contributed by atoms with Crippen molar-refractivity contribution in [1.29, 1.82) is 0 Å². The molecule has 1 aliphatic heterocycles. The highest BCUT2D eigenvalue weighted by molar-refractivity contribution is 9.10. The minimum absolute atomic E-state index is 0.825. The number of hydrogen-bond acceptors (Lipinski definition) is 0. The van der Waals surface area contributed by atoms with E-state index in [1.165, 1.54) is 25.0 Å². The van der Waals surface area contributed by atoms with Crippen LogP contribution in [-0.4, -0.2) is 23.9 Å². The third kappa shape index (κ3) is 3.69. The fourth-order valence-corrected chi connectivity index (χ4v) is 2.70. The smallest absolute Gasteiger partial charge is 0.177 e. The van der Waals surface area contributed by atoms with Crippen LogP contribution in [0.3, 0.4) is 0 Å². The Kier molecular flexibility index (Phi) is 5.02. The van der Waals surface area contributed by atoms with E-state index in [9.17, 15) is 0 Å². The van der Waals surface area contributed by atoms with E-state index in [4.69, 9.17) is 11.6 Å². The zero-order valence-electron chi connectivity index (χ0n) is 10.6. The molecule has 1 heterocycles. The lowest BCUT2D eigenvalue weighted by molar-refractivity contribution is -0.496. The molecule has 0 amide bonds. The summed E-state index contributed by atoms with van der Waals surface area (Å²) < 4.78 is 3.41. The molecule has 0 aromatic heterocycles. The first-order chi connectivity index (χ1) is 8.66. The van der Waals surface area contributed by atoms with Gasteiger partial charge in [0.1, 0.15) is 13.6 Å². The highest BCUT2D eigenvalue weighted by atomic mass is 79.9. The van der Waals surface area contributed by atoms with Crippen LogP contribution in [0.1, 0.15) is 31.2 Å². The van der Waals surface area contributed by atoms with E-state index in [0.29, 0.717) is 0 Å². The molecule has 1 nitrogen and oxygen atoms in total. The minimum atomic E-state index is 0.825. The molecule has 0 fully saturated rings. The molecule has 0 bridgehead atoms. The van der Waals surface area contributed by atoms with Crippen LogP contribution in [0.5, 0.6) is 0 Å². The van der Waals surface area contributed by atoms with Crippen LogP contribution < -0.4 is 0 Å².